The smallest absolute Gasteiger partial charge is 0.0559 e. The molecule has 2 N–H and O–H groups in total. The average molecular weight is 125 g/mol. The van der Waals surface area contributed by atoms with E-state index in [4.69, 9.17) is 5.73 Å². The summed E-state index contributed by atoms with van der Waals surface area (Å²) in [7, 11) is 0. The second kappa shape index (κ2) is 1.65. The van der Waals surface area contributed by atoms with Gasteiger partial charge in [0.15, 0.2) is 0 Å². The molecule has 0 aromatic rings. The quantitative estimate of drug-likeness (QED) is 0.493. The van der Waals surface area contributed by atoms with Crippen LogP contribution >= 0.6 is 0 Å². The van der Waals surface area contributed by atoms with Gasteiger partial charge in [0, 0.05) is 7.85 Å². The summed E-state index contributed by atoms with van der Waals surface area (Å²) in [5.41, 5.74) is 11.1. The molecule has 1 aliphatic rings. The summed E-state index contributed by atoms with van der Waals surface area (Å²) in [4.78, 5) is 0. The van der Waals surface area contributed by atoms with Crippen molar-refractivity contribution in [1.82, 2.24) is 0 Å². The molecule has 0 fully saturated rings. The third kappa shape index (κ3) is 1.17. The standard InChI is InChI=1S/C8H13N.H2/c1-8(2,3)6-4-7(9)5-6;/h4,9H2,1-3H3;1H. The van der Waals surface area contributed by atoms with Crippen LogP contribution in [0, 0.1) is 5.41 Å². The van der Waals surface area contributed by atoms with Gasteiger partial charge < -0.3 is 5.73 Å². The Bertz CT molecular complexity index is 192. The Morgan fingerprint density at radius 1 is 1.56 bits per heavy atom. The van der Waals surface area contributed by atoms with Crippen LogP contribution in [0.25, 0.3) is 0 Å². The summed E-state index contributed by atoms with van der Waals surface area (Å²) >= 11 is 0. The highest BCUT2D eigenvalue weighted by atomic mass is 14.6. The van der Waals surface area contributed by atoms with Gasteiger partial charge in [-0.3, -0.25) is 0 Å². The fourth-order valence-electron chi connectivity index (χ4n) is 0.819. The summed E-state index contributed by atoms with van der Waals surface area (Å²) in [6, 6.07) is 0. The number of rotatable bonds is 0. The van der Waals surface area contributed by atoms with Gasteiger partial charge in [0.2, 0.25) is 0 Å². The van der Waals surface area contributed by atoms with Crippen LogP contribution in [0.15, 0.2) is 17.0 Å². The topological polar surface area (TPSA) is 26.0 Å². The number of hydrogen-bond donors (Lipinski definition) is 1. The van der Waals surface area contributed by atoms with Crippen LogP contribution in [0.2, 0.25) is 0 Å². The number of hydrogen-bond acceptors (Lipinski definition) is 1. The first-order valence-corrected chi connectivity index (χ1v) is 3.25. The minimum absolute atomic E-state index is 0. The van der Waals surface area contributed by atoms with Gasteiger partial charge >= 0.3 is 0 Å². The predicted octanol–water partition coefficient (Wildman–Crippen LogP) is 2.05. The molecule has 0 unspecified atom stereocenters. The molecular weight excluding hydrogens is 110 g/mol. The van der Waals surface area contributed by atoms with Gasteiger partial charge in [0.1, 0.15) is 0 Å². The summed E-state index contributed by atoms with van der Waals surface area (Å²) in [6.07, 6.45) is 0.962. The average Bonchev–Trinajstić information content (AvgIpc) is 1.55. The molecule has 0 radical (unpaired) electrons. The molecule has 52 valence electrons. The SMILES string of the molecule is CC(C)(C)C1=C=C(N)C1.[HH]. The lowest BCUT2D eigenvalue weighted by atomic mass is 9.80. The monoisotopic (exact) mass is 125 g/mol. The summed E-state index contributed by atoms with van der Waals surface area (Å²) in [5, 5.41) is 0. The zero-order valence-corrected chi connectivity index (χ0v) is 6.28. The first-order valence-electron chi connectivity index (χ1n) is 3.25. The summed E-state index contributed by atoms with van der Waals surface area (Å²) in [5.74, 6) is 0. The van der Waals surface area contributed by atoms with E-state index in [9.17, 15) is 0 Å². The Morgan fingerprint density at radius 3 is 2.11 bits per heavy atom. The molecule has 0 saturated carbocycles. The zero-order chi connectivity index (χ0) is 7.07. The molecule has 0 spiro atoms. The Morgan fingerprint density at radius 2 is 2.00 bits per heavy atom. The van der Waals surface area contributed by atoms with Crippen LogP contribution in [0.4, 0.5) is 0 Å². The highest BCUT2D eigenvalue weighted by Gasteiger charge is 2.21. The van der Waals surface area contributed by atoms with Gasteiger partial charge in [-0.15, -0.1) is 0 Å². The van der Waals surface area contributed by atoms with E-state index >= 15 is 0 Å². The minimum atomic E-state index is 0. The molecule has 1 heteroatoms. The van der Waals surface area contributed by atoms with Crippen molar-refractivity contribution < 1.29 is 1.43 Å². The Hall–Kier alpha value is -0.680. The van der Waals surface area contributed by atoms with Gasteiger partial charge in [-0.05, 0) is 11.0 Å². The van der Waals surface area contributed by atoms with E-state index in [1.807, 2.05) is 0 Å². The maximum absolute atomic E-state index is 5.45. The largest absolute Gasteiger partial charge is 0.395 e. The van der Waals surface area contributed by atoms with Crippen LogP contribution in [0.1, 0.15) is 28.6 Å². The van der Waals surface area contributed by atoms with Gasteiger partial charge in [-0.2, -0.15) is 0 Å². The van der Waals surface area contributed by atoms with Crippen molar-refractivity contribution in [3.05, 3.63) is 17.0 Å². The zero-order valence-electron chi connectivity index (χ0n) is 6.28. The summed E-state index contributed by atoms with van der Waals surface area (Å²) in [6.45, 7) is 6.55. The maximum atomic E-state index is 5.45. The van der Waals surface area contributed by atoms with E-state index in [1.165, 1.54) is 5.57 Å². The summed E-state index contributed by atoms with van der Waals surface area (Å²) < 4.78 is 0. The molecular formula is C8H15N. The van der Waals surface area contributed by atoms with Crippen LogP contribution in [0.3, 0.4) is 0 Å². The highest BCUT2D eigenvalue weighted by Crippen LogP contribution is 2.32. The molecule has 1 aliphatic carbocycles. The molecule has 0 amide bonds. The fraction of sp³-hybridized carbons (Fsp3) is 0.625. The minimum Gasteiger partial charge on any atom is -0.395 e. The molecule has 1 nitrogen and oxygen atoms in total. The molecule has 0 atom stereocenters. The molecule has 0 aromatic carbocycles. The molecule has 0 aromatic heterocycles. The van der Waals surface area contributed by atoms with Crippen molar-refractivity contribution in [2.75, 3.05) is 0 Å². The van der Waals surface area contributed by atoms with Gasteiger partial charge in [0.05, 0.1) is 5.70 Å². The first kappa shape index (κ1) is 6.44. The Kier molecular flexibility index (Phi) is 1.18. The van der Waals surface area contributed by atoms with Crippen molar-refractivity contribution in [2.24, 2.45) is 11.1 Å². The van der Waals surface area contributed by atoms with Gasteiger partial charge in [-0.1, -0.05) is 26.5 Å². The van der Waals surface area contributed by atoms with E-state index in [0.717, 1.165) is 12.1 Å². The lowest BCUT2D eigenvalue weighted by molar-refractivity contribution is 0.482. The molecule has 0 bridgehead atoms. The van der Waals surface area contributed by atoms with Crippen molar-refractivity contribution in [2.45, 2.75) is 27.2 Å². The van der Waals surface area contributed by atoms with Gasteiger partial charge in [-0.25, -0.2) is 0 Å². The normalized spacial score (nSPS) is 18.1. The van der Waals surface area contributed by atoms with Crippen LogP contribution in [0.5, 0.6) is 0 Å². The van der Waals surface area contributed by atoms with Crippen molar-refractivity contribution in [1.29, 1.82) is 0 Å². The predicted molar refractivity (Wildman–Crippen MR) is 40.9 cm³/mol. The van der Waals surface area contributed by atoms with E-state index in [-0.39, 0.29) is 6.84 Å². The lowest BCUT2D eigenvalue weighted by Crippen LogP contribution is -2.17. The van der Waals surface area contributed by atoms with Gasteiger partial charge in [0.25, 0.3) is 0 Å². The molecule has 0 saturated heterocycles. The van der Waals surface area contributed by atoms with Crippen LogP contribution < -0.4 is 5.73 Å². The van der Waals surface area contributed by atoms with Crippen molar-refractivity contribution in [3.8, 4) is 0 Å². The van der Waals surface area contributed by atoms with Crippen LogP contribution in [-0.4, -0.2) is 0 Å². The van der Waals surface area contributed by atoms with E-state index in [1.54, 1.807) is 0 Å². The van der Waals surface area contributed by atoms with E-state index in [2.05, 4.69) is 26.5 Å². The number of nitrogens with two attached hydrogens (primary N) is 1. The highest BCUT2D eigenvalue weighted by molar-refractivity contribution is 5.27. The molecule has 0 aliphatic heterocycles. The lowest BCUT2D eigenvalue weighted by Gasteiger charge is -2.25. The second-order valence-electron chi connectivity index (χ2n) is 3.56. The Balaban J connectivity index is 0.000000810. The second-order valence-corrected chi connectivity index (χ2v) is 3.56. The molecule has 1 rings (SSSR count). The first-order chi connectivity index (χ1) is 4.00. The van der Waals surface area contributed by atoms with Crippen LogP contribution in [-0.2, 0) is 0 Å². The van der Waals surface area contributed by atoms with E-state index < -0.39 is 0 Å². The third-order valence-corrected chi connectivity index (χ3v) is 1.58. The third-order valence-electron chi connectivity index (χ3n) is 1.58. The maximum Gasteiger partial charge on any atom is 0.0559 e. The molecule has 9 heavy (non-hydrogen) atoms. The van der Waals surface area contributed by atoms with Crippen molar-refractivity contribution in [3.63, 3.8) is 0 Å². The molecule has 0 heterocycles. The Labute approximate surface area is 57.7 Å². The fourth-order valence-corrected chi connectivity index (χ4v) is 0.819. The van der Waals surface area contributed by atoms with E-state index in [0.29, 0.717) is 0 Å². The van der Waals surface area contributed by atoms with Crippen molar-refractivity contribution >= 4 is 0 Å².